The van der Waals surface area contributed by atoms with E-state index in [9.17, 15) is 0 Å². The smallest absolute Gasteiger partial charge is 0.192 e. The van der Waals surface area contributed by atoms with Crippen molar-refractivity contribution >= 4 is 16.6 Å². The fraction of sp³-hybridized carbons (Fsp3) is 0.850. The fourth-order valence-corrected chi connectivity index (χ4v) is 10.9. The van der Waals surface area contributed by atoms with Crippen LogP contribution in [0.5, 0.6) is 0 Å². The molecule has 4 aliphatic rings. The fourth-order valence-electron chi connectivity index (χ4n) is 8.19. The highest BCUT2D eigenvalue weighted by molar-refractivity contribution is 6.74. The molecule has 3 saturated carbocycles. The number of rotatable bonds is 8. The summed E-state index contributed by atoms with van der Waals surface area (Å²) in [5, 5.41) is 0.319. The van der Waals surface area contributed by atoms with E-state index in [0.717, 1.165) is 31.8 Å². The SMILES string of the molecule is C[C@H](/C=C/CC(C)(C)C)C1CCC2/C(=C/C=C3C[C@H](O[Si](C)(C)C(C)(C)C)C4(CO4)[C@H](O[Si](C)(C)C(C)(C)C)C3)CCCC21C. The number of fused-ring (bicyclic) bond motifs is 1. The lowest BCUT2D eigenvalue weighted by atomic mass is 9.61. The van der Waals surface area contributed by atoms with Gasteiger partial charge >= 0.3 is 0 Å². The summed E-state index contributed by atoms with van der Waals surface area (Å²) >= 11 is 0. The Balaban J connectivity index is 1.60. The Kier molecular flexibility index (Phi) is 10.6. The molecule has 0 radical (unpaired) electrons. The molecule has 1 aliphatic heterocycles. The van der Waals surface area contributed by atoms with E-state index in [-0.39, 0.29) is 27.9 Å². The van der Waals surface area contributed by atoms with Gasteiger partial charge in [0.2, 0.25) is 0 Å². The van der Waals surface area contributed by atoms with Crippen LogP contribution in [0.4, 0.5) is 0 Å². The Bertz CT molecular complexity index is 1100. The van der Waals surface area contributed by atoms with Crippen molar-refractivity contribution in [2.45, 2.75) is 182 Å². The molecule has 4 rings (SSSR count). The van der Waals surface area contributed by atoms with Crippen LogP contribution in [-0.2, 0) is 13.6 Å². The standard InChI is InChI=1S/C40H72O3Si2/c1-29(18-16-24-36(2,3)4)32-22-23-33-31(19-17-25-39(32,33)11)21-20-30-26-34(42-44(12,13)37(5,6)7)40(28-41-40)35(27-30)43-45(14,15)38(8,9)10/h16,18,20-21,29,32-35H,17,19,22-28H2,1-15H3/b18-16+,30-20?,31-21+/t29-,32?,33?,34-,35+,39?,40?/m1/s1. The lowest BCUT2D eigenvalue weighted by molar-refractivity contribution is -0.0172. The number of hydrogen-bond acceptors (Lipinski definition) is 3. The molecule has 45 heavy (non-hydrogen) atoms. The first-order valence-corrected chi connectivity index (χ1v) is 24.3. The lowest BCUT2D eigenvalue weighted by Crippen LogP contribution is -2.57. The van der Waals surface area contributed by atoms with Crippen LogP contribution in [0.3, 0.4) is 0 Å². The summed E-state index contributed by atoms with van der Waals surface area (Å²) in [6.07, 6.45) is 20.0. The first-order chi connectivity index (χ1) is 20.4. The molecule has 0 N–H and O–H groups in total. The minimum atomic E-state index is -1.99. The van der Waals surface area contributed by atoms with E-state index in [1.165, 1.54) is 37.7 Å². The lowest BCUT2D eigenvalue weighted by Gasteiger charge is -2.48. The molecule has 3 aliphatic carbocycles. The third-order valence-electron chi connectivity index (χ3n) is 13.3. The van der Waals surface area contributed by atoms with Crippen molar-refractivity contribution in [2.24, 2.45) is 28.6 Å². The van der Waals surface area contributed by atoms with Crippen LogP contribution in [0.1, 0.15) is 128 Å². The average Bonchev–Trinajstić information content (AvgIpc) is 3.58. The monoisotopic (exact) mass is 657 g/mol. The van der Waals surface area contributed by atoms with Gasteiger partial charge in [-0.25, -0.2) is 0 Å². The summed E-state index contributed by atoms with van der Waals surface area (Å²) in [5.41, 5.74) is 3.69. The third-order valence-corrected chi connectivity index (χ3v) is 22.3. The zero-order chi connectivity index (χ0) is 33.9. The first kappa shape index (κ1) is 37.4. The summed E-state index contributed by atoms with van der Waals surface area (Å²) in [4.78, 5) is 0. The maximum Gasteiger partial charge on any atom is 0.192 e. The number of epoxide rings is 1. The number of hydrogen-bond donors (Lipinski definition) is 0. The maximum absolute atomic E-state index is 7.23. The normalized spacial score (nSPS) is 35.9. The second kappa shape index (κ2) is 12.8. The molecule has 5 heteroatoms. The van der Waals surface area contributed by atoms with Crippen LogP contribution in [0.25, 0.3) is 0 Å². The quantitative estimate of drug-likeness (QED) is 0.148. The van der Waals surface area contributed by atoms with Gasteiger partial charge in [-0.15, -0.1) is 0 Å². The molecule has 0 amide bonds. The van der Waals surface area contributed by atoms with E-state index in [4.69, 9.17) is 13.6 Å². The highest BCUT2D eigenvalue weighted by atomic mass is 28.4. The molecule has 7 atom stereocenters. The van der Waals surface area contributed by atoms with Gasteiger partial charge in [-0.3, -0.25) is 0 Å². The molecule has 0 bridgehead atoms. The molecule has 0 aromatic rings. The van der Waals surface area contributed by atoms with Gasteiger partial charge in [-0.1, -0.05) is 112 Å². The van der Waals surface area contributed by atoms with Gasteiger partial charge in [0.25, 0.3) is 0 Å². The maximum atomic E-state index is 7.23. The molecule has 4 unspecified atom stereocenters. The van der Waals surface area contributed by atoms with Gasteiger partial charge in [0, 0.05) is 0 Å². The molecule has 1 saturated heterocycles. The van der Waals surface area contributed by atoms with Crippen molar-refractivity contribution in [1.82, 2.24) is 0 Å². The Hall–Kier alpha value is -0.466. The van der Waals surface area contributed by atoms with Gasteiger partial charge in [-0.05, 0) is 116 Å². The van der Waals surface area contributed by atoms with Crippen molar-refractivity contribution in [3.8, 4) is 0 Å². The van der Waals surface area contributed by atoms with E-state index < -0.39 is 16.6 Å². The van der Waals surface area contributed by atoms with Crippen LogP contribution in [0.2, 0.25) is 36.3 Å². The molecule has 0 aromatic heterocycles. The highest BCUT2D eigenvalue weighted by Crippen LogP contribution is 2.60. The molecular formula is C40H72O3Si2. The average molecular weight is 657 g/mol. The van der Waals surface area contributed by atoms with Crippen molar-refractivity contribution in [1.29, 1.82) is 0 Å². The van der Waals surface area contributed by atoms with Crippen LogP contribution in [0.15, 0.2) is 35.5 Å². The van der Waals surface area contributed by atoms with Gasteiger partial charge < -0.3 is 13.6 Å². The third kappa shape index (κ3) is 8.06. The summed E-state index contributed by atoms with van der Waals surface area (Å²) in [5.74, 6) is 2.14. The zero-order valence-electron chi connectivity index (χ0n) is 32.3. The topological polar surface area (TPSA) is 31.0 Å². The van der Waals surface area contributed by atoms with Crippen molar-refractivity contribution < 1.29 is 13.6 Å². The minimum absolute atomic E-state index is 0.0692. The molecule has 3 nitrogen and oxygen atoms in total. The van der Waals surface area contributed by atoms with Crippen LogP contribution in [-0.4, -0.2) is 41.1 Å². The molecule has 4 fully saturated rings. The van der Waals surface area contributed by atoms with Gasteiger partial charge in [0.05, 0.1) is 18.8 Å². The second-order valence-electron chi connectivity index (χ2n) is 20.1. The van der Waals surface area contributed by atoms with Crippen molar-refractivity contribution in [3.63, 3.8) is 0 Å². The predicted octanol–water partition coefficient (Wildman–Crippen LogP) is 12.0. The van der Waals surface area contributed by atoms with Gasteiger partial charge in [-0.2, -0.15) is 0 Å². The highest BCUT2D eigenvalue weighted by Gasteiger charge is 2.63. The van der Waals surface area contributed by atoms with Crippen molar-refractivity contribution in [2.75, 3.05) is 6.61 Å². The first-order valence-electron chi connectivity index (χ1n) is 18.5. The van der Waals surface area contributed by atoms with Crippen molar-refractivity contribution in [3.05, 3.63) is 35.5 Å². The van der Waals surface area contributed by atoms with Crippen LogP contribution in [0, 0.1) is 28.6 Å². The predicted molar refractivity (Wildman–Crippen MR) is 199 cm³/mol. The number of ether oxygens (including phenoxy) is 1. The van der Waals surface area contributed by atoms with Crippen LogP contribution >= 0.6 is 0 Å². The molecule has 0 aromatic carbocycles. The van der Waals surface area contributed by atoms with Crippen LogP contribution < -0.4 is 0 Å². The molecule has 1 heterocycles. The van der Waals surface area contributed by atoms with Gasteiger partial charge in [0.15, 0.2) is 16.6 Å². The largest absolute Gasteiger partial charge is 0.410 e. The Morgan fingerprint density at radius 3 is 1.87 bits per heavy atom. The van der Waals surface area contributed by atoms with E-state index >= 15 is 0 Å². The molecule has 258 valence electrons. The summed E-state index contributed by atoms with van der Waals surface area (Å²) < 4.78 is 20.9. The Labute approximate surface area is 281 Å². The molecule has 1 spiro atoms. The van der Waals surface area contributed by atoms with E-state index in [1.54, 1.807) is 5.57 Å². The summed E-state index contributed by atoms with van der Waals surface area (Å²) in [6.45, 7) is 36.6. The van der Waals surface area contributed by atoms with E-state index in [2.05, 4.69) is 127 Å². The minimum Gasteiger partial charge on any atom is -0.410 e. The summed E-state index contributed by atoms with van der Waals surface area (Å²) in [6, 6.07) is 0. The van der Waals surface area contributed by atoms with Gasteiger partial charge in [0.1, 0.15) is 5.60 Å². The Morgan fingerprint density at radius 2 is 1.40 bits per heavy atom. The summed E-state index contributed by atoms with van der Waals surface area (Å²) in [7, 11) is -3.98. The number of allylic oxidation sites excluding steroid dienone is 5. The van der Waals surface area contributed by atoms with E-state index in [1.807, 2.05) is 0 Å². The molecular weight excluding hydrogens is 585 g/mol. The zero-order valence-corrected chi connectivity index (χ0v) is 34.3. The van der Waals surface area contributed by atoms with E-state index in [0.29, 0.717) is 22.7 Å². The second-order valence-corrected chi connectivity index (χ2v) is 29.6. The Morgan fingerprint density at radius 1 is 0.867 bits per heavy atom.